The molecule has 0 aromatic heterocycles. The Morgan fingerprint density at radius 1 is 1.32 bits per heavy atom. The SMILES string of the molecule is CC1C=CC=C2N=CC(C)(C(C)(C)C)C=CCC2=C1. The van der Waals surface area contributed by atoms with Crippen molar-refractivity contribution < 1.29 is 0 Å². The summed E-state index contributed by atoms with van der Waals surface area (Å²) in [4.78, 5) is 4.78. The highest BCUT2D eigenvalue weighted by Crippen LogP contribution is 2.40. The summed E-state index contributed by atoms with van der Waals surface area (Å²) in [6, 6.07) is 0. The van der Waals surface area contributed by atoms with Gasteiger partial charge in [0.25, 0.3) is 0 Å². The van der Waals surface area contributed by atoms with Crippen LogP contribution in [-0.2, 0) is 0 Å². The van der Waals surface area contributed by atoms with Crippen molar-refractivity contribution in [1.29, 1.82) is 0 Å². The Kier molecular flexibility index (Phi) is 3.66. The van der Waals surface area contributed by atoms with Crippen molar-refractivity contribution in [1.82, 2.24) is 0 Å². The average molecular weight is 255 g/mol. The average Bonchev–Trinajstić information content (AvgIpc) is 2.44. The maximum absolute atomic E-state index is 4.78. The summed E-state index contributed by atoms with van der Waals surface area (Å²) in [6.07, 6.45) is 16.5. The third-order valence-electron chi connectivity index (χ3n) is 4.35. The molecular weight excluding hydrogens is 230 g/mol. The summed E-state index contributed by atoms with van der Waals surface area (Å²) in [7, 11) is 0. The highest BCUT2D eigenvalue weighted by molar-refractivity contribution is 5.72. The molecule has 2 unspecified atom stereocenters. The number of hydrogen-bond acceptors (Lipinski definition) is 1. The first-order valence-electron chi connectivity index (χ1n) is 7.14. The topological polar surface area (TPSA) is 12.4 Å². The predicted molar refractivity (Wildman–Crippen MR) is 84.3 cm³/mol. The monoisotopic (exact) mass is 255 g/mol. The summed E-state index contributed by atoms with van der Waals surface area (Å²) in [5.74, 6) is 0.487. The lowest BCUT2D eigenvalue weighted by atomic mass is 9.68. The van der Waals surface area contributed by atoms with Gasteiger partial charge in [0.05, 0.1) is 5.70 Å². The van der Waals surface area contributed by atoms with E-state index in [0.717, 1.165) is 12.1 Å². The molecule has 0 aromatic carbocycles. The van der Waals surface area contributed by atoms with E-state index >= 15 is 0 Å². The Hall–Kier alpha value is -1.37. The lowest BCUT2D eigenvalue weighted by molar-refractivity contribution is 0.256. The van der Waals surface area contributed by atoms with Gasteiger partial charge in [-0.15, -0.1) is 0 Å². The molecule has 0 saturated carbocycles. The Bertz CT molecular complexity index is 494. The molecular formula is C18H25N. The first-order chi connectivity index (χ1) is 8.82. The Balaban J connectivity index is 2.40. The van der Waals surface area contributed by atoms with Crippen LogP contribution in [0.2, 0.25) is 0 Å². The fourth-order valence-corrected chi connectivity index (χ4v) is 2.31. The lowest BCUT2D eigenvalue weighted by Crippen LogP contribution is -2.32. The van der Waals surface area contributed by atoms with Crippen LogP contribution in [0, 0.1) is 16.7 Å². The molecule has 0 radical (unpaired) electrons. The zero-order chi connectivity index (χ0) is 14.1. The zero-order valence-corrected chi connectivity index (χ0v) is 12.8. The van der Waals surface area contributed by atoms with Gasteiger partial charge in [0.2, 0.25) is 0 Å². The smallest absolute Gasteiger partial charge is 0.0658 e. The molecule has 0 amide bonds. The standard InChI is InChI=1S/C18H25N/c1-14-8-6-10-16-15(12-14)9-7-11-18(5,13-19-16)17(2,3)4/h6-8,10-14H,9H2,1-5H3. The van der Waals surface area contributed by atoms with Crippen LogP contribution in [0.1, 0.15) is 41.0 Å². The first-order valence-corrected chi connectivity index (χ1v) is 7.14. The van der Waals surface area contributed by atoms with Gasteiger partial charge >= 0.3 is 0 Å². The van der Waals surface area contributed by atoms with Gasteiger partial charge < -0.3 is 0 Å². The molecule has 1 heterocycles. The van der Waals surface area contributed by atoms with E-state index in [1.807, 2.05) is 0 Å². The lowest BCUT2D eigenvalue weighted by Gasteiger charge is -2.37. The van der Waals surface area contributed by atoms with E-state index in [9.17, 15) is 0 Å². The number of hydrogen-bond donors (Lipinski definition) is 0. The number of rotatable bonds is 0. The van der Waals surface area contributed by atoms with Crippen molar-refractivity contribution in [2.45, 2.75) is 41.0 Å². The van der Waals surface area contributed by atoms with Gasteiger partial charge in [-0.25, -0.2) is 0 Å². The molecule has 0 aromatic rings. The number of allylic oxidation sites excluding steroid dienone is 7. The molecule has 1 heteroatoms. The summed E-state index contributed by atoms with van der Waals surface area (Å²) >= 11 is 0. The summed E-state index contributed by atoms with van der Waals surface area (Å²) in [6.45, 7) is 11.3. The van der Waals surface area contributed by atoms with Gasteiger partial charge in [0.15, 0.2) is 0 Å². The molecule has 0 saturated heterocycles. The highest BCUT2D eigenvalue weighted by atomic mass is 14.8. The van der Waals surface area contributed by atoms with Gasteiger partial charge in [0.1, 0.15) is 0 Å². The van der Waals surface area contributed by atoms with Crippen LogP contribution in [0.25, 0.3) is 0 Å². The minimum atomic E-state index is 0.000997. The third kappa shape index (κ3) is 2.97. The second-order valence-electron chi connectivity index (χ2n) is 6.89. The van der Waals surface area contributed by atoms with Crippen molar-refractivity contribution in [3.63, 3.8) is 0 Å². The fraction of sp³-hybridized carbons (Fsp3) is 0.500. The highest BCUT2D eigenvalue weighted by Gasteiger charge is 2.34. The Morgan fingerprint density at radius 3 is 2.74 bits per heavy atom. The number of aliphatic imine (C=N–C) groups is 1. The Morgan fingerprint density at radius 2 is 2.05 bits per heavy atom. The van der Waals surface area contributed by atoms with Gasteiger partial charge in [-0.2, -0.15) is 0 Å². The van der Waals surface area contributed by atoms with Crippen molar-refractivity contribution >= 4 is 6.21 Å². The van der Waals surface area contributed by atoms with Crippen LogP contribution < -0.4 is 0 Å². The molecule has 1 aliphatic carbocycles. The van der Waals surface area contributed by atoms with Crippen LogP contribution >= 0.6 is 0 Å². The maximum Gasteiger partial charge on any atom is 0.0658 e. The van der Waals surface area contributed by atoms with Crippen LogP contribution in [0.15, 0.2) is 52.7 Å². The van der Waals surface area contributed by atoms with Gasteiger partial charge in [-0.1, -0.05) is 65.0 Å². The predicted octanol–water partition coefficient (Wildman–Crippen LogP) is 5.09. The van der Waals surface area contributed by atoms with Crippen molar-refractivity contribution in [3.05, 3.63) is 47.7 Å². The van der Waals surface area contributed by atoms with Gasteiger partial charge in [-0.3, -0.25) is 4.99 Å². The molecule has 19 heavy (non-hydrogen) atoms. The first kappa shape index (κ1) is 14.0. The van der Waals surface area contributed by atoms with E-state index in [4.69, 9.17) is 4.99 Å². The molecule has 2 rings (SSSR count). The van der Waals surface area contributed by atoms with Crippen molar-refractivity contribution in [2.24, 2.45) is 21.7 Å². The maximum atomic E-state index is 4.78. The minimum absolute atomic E-state index is 0.000997. The minimum Gasteiger partial charge on any atom is -0.260 e. The second-order valence-corrected chi connectivity index (χ2v) is 6.89. The molecule has 0 bridgehead atoms. The number of nitrogens with zero attached hydrogens (tertiary/aromatic N) is 1. The zero-order valence-electron chi connectivity index (χ0n) is 12.8. The molecule has 0 fully saturated rings. The van der Waals surface area contributed by atoms with Gasteiger partial charge in [-0.05, 0) is 29.4 Å². The fourth-order valence-electron chi connectivity index (χ4n) is 2.31. The largest absolute Gasteiger partial charge is 0.260 e. The summed E-state index contributed by atoms with van der Waals surface area (Å²) < 4.78 is 0. The summed E-state index contributed by atoms with van der Waals surface area (Å²) in [5.41, 5.74) is 2.62. The summed E-state index contributed by atoms with van der Waals surface area (Å²) in [5, 5.41) is 0. The molecule has 2 aliphatic rings. The van der Waals surface area contributed by atoms with E-state index in [-0.39, 0.29) is 10.8 Å². The third-order valence-corrected chi connectivity index (χ3v) is 4.35. The van der Waals surface area contributed by atoms with Crippen LogP contribution in [0.5, 0.6) is 0 Å². The van der Waals surface area contributed by atoms with Crippen molar-refractivity contribution in [3.8, 4) is 0 Å². The van der Waals surface area contributed by atoms with Crippen LogP contribution in [0.4, 0.5) is 0 Å². The molecule has 2 atom stereocenters. The van der Waals surface area contributed by atoms with Gasteiger partial charge in [0, 0.05) is 11.6 Å². The van der Waals surface area contributed by atoms with E-state index in [1.54, 1.807) is 0 Å². The van der Waals surface area contributed by atoms with Crippen molar-refractivity contribution in [2.75, 3.05) is 0 Å². The number of fused-ring (bicyclic) bond motifs is 1. The second kappa shape index (κ2) is 4.96. The van der Waals surface area contributed by atoms with Crippen LogP contribution in [-0.4, -0.2) is 6.21 Å². The van der Waals surface area contributed by atoms with E-state index in [2.05, 4.69) is 77.3 Å². The molecule has 1 aliphatic heterocycles. The normalized spacial score (nSPS) is 30.9. The van der Waals surface area contributed by atoms with Crippen LogP contribution in [0.3, 0.4) is 0 Å². The molecule has 0 spiro atoms. The molecule has 1 nitrogen and oxygen atoms in total. The van der Waals surface area contributed by atoms with E-state index in [0.29, 0.717) is 5.92 Å². The quantitative estimate of drug-likeness (QED) is 0.535. The molecule has 102 valence electrons. The van der Waals surface area contributed by atoms with E-state index < -0.39 is 0 Å². The molecule has 0 N–H and O–H groups in total. The van der Waals surface area contributed by atoms with E-state index in [1.165, 1.54) is 5.57 Å². The Labute approximate surface area is 117 Å².